The number of hydrogen-bond donors (Lipinski definition) is 3. The number of pyridine rings is 1. The lowest BCUT2D eigenvalue weighted by Crippen LogP contribution is -2.70. The summed E-state index contributed by atoms with van der Waals surface area (Å²) >= 11 is 0. The Bertz CT molecular complexity index is 1840. The number of carbonyl (C=O) groups is 1. The smallest absolute Gasteiger partial charge is 0.307 e. The molecule has 3 heterocycles. The molecule has 0 spiro atoms. The van der Waals surface area contributed by atoms with E-state index in [9.17, 15) is 14.7 Å². The molecule has 4 N–H and O–H groups in total. The highest BCUT2D eigenvalue weighted by Gasteiger charge is 2.73. The second kappa shape index (κ2) is 12.9. The summed E-state index contributed by atoms with van der Waals surface area (Å²) in [5, 5.41) is 16.1. The van der Waals surface area contributed by atoms with Crippen LogP contribution in [0.2, 0.25) is 0 Å². The second-order valence-corrected chi connectivity index (χ2v) is 21.0. The van der Waals surface area contributed by atoms with Crippen LogP contribution in [0.1, 0.15) is 121 Å². The molecule has 54 heavy (non-hydrogen) atoms. The van der Waals surface area contributed by atoms with Crippen molar-refractivity contribution in [3.8, 4) is 11.4 Å². The molecule has 0 unspecified atom stereocenters. The van der Waals surface area contributed by atoms with Gasteiger partial charge >= 0.3 is 5.97 Å². The number of aromatic nitrogens is 4. The summed E-state index contributed by atoms with van der Waals surface area (Å²) in [4.78, 5) is 33.3. The van der Waals surface area contributed by atoms with Gasteiger partial charge in [0.25, 0.3) is 0 Å². The monoisotopic (exact) mass is 746 g/mol. The van der Waals surface area contributed by atoms with Crippen molar-refractivity contribution in [1.82, 2.24) is 19.7 Å². The fourth-order valence-corrected chi connectivity index (χ4v) is 12.8. The quantitative estimate of drug-likeness (QED) is 0.231. The van der Waals surface area contributed by atoms with Crippen molar-refractivity contribution < 1.29 is 19.4 Å². The average Bonchev–Trinajstić information content (AvgIpc) is 3.57. The summed E-state index contributed by atoms with van der Waals surface area (Å²) < 4.78 is 16.2. The van der Waals surface area contributed by atoms with E-state index in [2.05, 4.69) is 87.2 Å². The normalized spacial score (nSPS) is 40.8. The zero-order valence-electron chi connectivity index (χ0n) is 34.8. The number of carboxylic acids is 1. The lowest BCUT2D eigenvalue weighted by atomic mass is 9.34. The number of H-pyrrole nitrogens is 1. The summed E-state index contributed by atoms with van der Waals surface area (Å²) in [6.07, 6.45) is 10.9. The Morgan fingerprint density at radius 1 is 1.09 bits per heavy atom. The molecule has 298 valence electrons. The average molecular weight is 746 g/mol. The largest absolute Gasteiger partial charge is 0.481 e. The van der Waals surface area contributed by atoms with Gasteiger partial charge in [-0.25, -0.2) is 9.67 Å². The predicted molar refractivity (Wildman–Crippen MR) is 210 cm³/mol. The van der Waals surface area contributed by atoms with Crippen LogP contribution in [0.25, 0.3) is 11.4 Å². The van der Waals surface area contributed by atoms with E-state index in [1.165, 1.54) is 11.6 Å². The molecule has 10 heteroatoms. The number of allylic oxidation sites excluding steroid dienone is 1. The van der Waals surface area contributed by atoms with Crippen LogP contribution in [-0.2, 0) is 14.3 Å². The Kier molecular flexibility index (Phi) is 9.38. The van der Waals surface area contributed by atoms with Crippen LogP contribution in [0.5, 0.6) is 0 Å². The molecular formula is C44H67N5O5. The number of nitrogens with zero attached hydrogens (tertiary/aromatic N) is 3. The van der Waals surface area contributed by atoms with E-state index in [4.69, 9.17) is 25.3 Å². The van der Waals surface area contributed by atoms with Gasteiger partial charge in [-0.2, -0.15) is 5.10 Å². The minimum Gasteiger partial charge on any atom is -0.481 e. The summed E-state index contributed by atoms with van der Waals surface area (Å²) in [6, 6.07) is 3.14. The van der Waals surface area contributed by atoms with Crippen molar-refractivity contribution >= 4 is 5.97 Å². The molecule has 4 aliphatic carbocycles. The van der Waals surface area contributed by atoms with E-state index in [0.29, 0.717) is 43.9 Å². The number of fused-ring (bicyclic) bond motifs is 3. The summed E-state index contributed by atoms with van der Waals surface area (Å²) in [7, 11) is 0. The molecular weight excluding hydrogens is 679 g/mol. The zero-order chi connectivity index (χ0) is 39.4. The fraction of sp³-hybridized carbons (Fsp3) is 0.773. The zero-order valence-corrected chi connectivity index (χ0v) is 34.8. The molecule has 4 fully saturated rings. The first-order valence-electron chi connectivity index (χ1n) is 20.6. The summed E-state index contributed by atoms with van der Waals surface area (Å²) in [5.41, 5.74) is 6.67. The molecule has 10 nitrogen and oxygen atoms in total. The Morgan fingerprint density at radius 3 is 2.44 bits per heavy atom. The maximum Gasteiger partial charge on any atom is 0.307 e. The molecule has 5 aliphatic rings. The molecule has 3 saturated carbocycles. The lowest BCUT2D eigenvalue weighted by molar-refractivity contribution is -0.255. The molecule has 7 rings (SSSR count). The highest BCUT2D eigenvalue weighted by atomic mass is 16.5. The van der Waals surface area contributed by atoms with Crippen molar-refractivity contribution in [3.05, 3.63) is 46.7 Å². The van der Waals surface area contributed by atoms with Crippen molar-refractivity contribution in [2.45, 2.75) is 132 Å². The highest BCUT2D eigenvalue weighted by molar-refractivity contribution is 5.73. The summed E-state index contributed by atoms with van der Waals surface area (Å²) in [5.74, 6) is 0.727. The lowest BCUT2D eigenvalue weighted by Gasteiger charge is -2.71. The maximum atomic E-state index is 13.6. The molecule has 0 aromatic carbocycles. The molecule has 1 aliphatic heterocycles. The standard InChI is InChI=1S/C44H67N5O5/c1-26(2)27(3)40(8)18-19-41(9)29-13-14-32-39(7)20-31(49-36(47-25-48-49)28-12-15-33(50)46-21-28)35(54-23-43(11,45)38(4,5)6)44(32,24-53-22-39)30(29)16-17-42(41,10)34(40)37(51)52/h12,15-16,21,25-27,29,31-32,34-35H,13-14,17-20,22-24,45H2,1-11H3,(H,46,50)(H,51,52)/t27-,29+,31-,32-,34-,35+,39-,40-,41-,42+,43+,44+/m1/s1. The van der Waals surface area contributed by atoms with E-state index >= 15 is 0 Å². The van der Waals surface area contributed by atoms with Gasteiger partial charge in [-0.3, -0.25) is 9.59 Å². The molecule has 0 radical (unpaired) electrons. The van der Waals surface area contributed by atoms with E-state index in [1.54, 1.807) is 18.6 Å². The number of ether oxygens (including phenoxy) is 2. The third kappa shape index (κ3) is 5.49. The third-order valence-corrected chi connectivity index (χ3v) is 17.2. The van der Waals surface area contributed by atoms with Gasteiger partial charge in [0.15, 0.2) is 5.82 Å². The van der Waals surface area contributed by atoms with Gasteiger partial charge in [0.05, 0.1) is 37.9 Å². The Morgan fingerprint density at radius 2 is 1.81 bits per heavy atom. The van der Waals surface area contributed by atoms with E-state index in [1.807, 2.05) is 4.68 Å². The molecule has 2 bridgehead atoms. The van der Waals surface area contributed by atoms with E-state index in [-0.39, 0.29) is 51.2 Å². The third-order valence-electron chi connectivity index (χ3n) is 17.2. The summed E-state index contributed by atoms with van der Waals surface area (Å²) in [6.45, 7) is 26.3. The van der Waals surface area contributed by atoms with Crippen LogP contribution in [0.4, 0.5) is 0 Å². The van der Waals surface area contributed by atoms with Crippen molar-refractivity contribution in [2.75, 3.05) is 19.8 Å². The number of nitrogens with two attached hydrogens (primary N) is 1. The van der Waals surface area contributed by atoms with Crippen LogP contribution < -0.4 is 11.3 Å². The number of aromatic amines is 1. The van der Waals surface area contributed by atoms with Gasteiger partial charge < -0.3 is 25.3 Å². The van der Waals surface area contributed by atoms with Crippen LogP contribution in [-0.4, -0.2) is 62.3 Å². The number of rotatable bonds is 8. The molecule has 2 aromatic rings. The number of aliphatic carboxylic acids is 1. The van der Waals surface area contributed by atoms with Gasteiger partial charge in [-0.05, 0) is 102 Å². The second-order valence-electron chi connectivity index (χ2n) is 21.0. The van der Waals surface area contributed by atoms with E-state index in [0.717, 1.165) is 37.7 Å². The number of nitrogens with one attached hydrogen (secondary N) is 1. The van der Waals surface area contributed by atoms with E-state index < -0.39 is 28.3 Å². The molecule has 0 amide bonds. The maximum absolute atomic E-state index is 13.6. The Hall–Kier alpha value is -2.82. The van der Waals surface area contributed by atoms with Crippen LogP contribution >= 0.6 is 0 Å². The van der Waals surface area contributed by atoms with Gasteiger partial charge in [0.1, 0.15) is 6.33 Å². The van der Waals surface area contributed by atoms with Gasteiger partial charge in [-0.1, -0.05) is 80.9 Å². The van der Waals surface area contributed by atoms with Crippen LogP contribution in [0, 0.1) is 62.1 Å². The predicted octanol–water partition coefficient (Wildman–Crippen LogP) is 7.91. The molecule has 1 saturated heterocycles. The molecule has 2 aromatic heterocycles. The first-order valence-corrected chi connectivity index (χ1v) is 20.6. The topological polar surface area (TPSA) is 145 Å². The molecule has 12 atom stereocenters. The van der Waals surface area contributed by atoms with Crippen molar-refractivity contribution in [1.29, 1.82) is 0 Å². The van der Waals surface area contributed by atoms with Gasteiger partial charge in [0, 0.05) is 28.8 Å². The minimum absolute atomic E-state index is 0.165. The number of hydrogen-bond acceptors (Lipinski definition) is 7. The van der Waals surface area contributed by atoms with Gasteiger partial charge in [-0.15, -0.1) is 0 Å². The SMILES string of the molecule is CC(C)[C@@H](C)[C@@]1(C)CC[C@]2(C)[C@H]3CC[C@@H]4[C@@]5(C)COC[C@@]4(C3=CC[C@@]2(C)[C@@H]1C(=O)O)[C@@H](OC[C@](C)(N)C(C)(C)C)[C@H](n1ncnc1-c1ccc(=O)[nH]c1)C5. The first kappa shape index (κ1) is 39.4. The van der Waals surface area contributed by atoms with Crippen LogP contribution in [0.15, 0.2) is 41.1 Å². The van der Waals surface area contributed by atoms with Crippen molar-refractivity contribution in [2.24, 2.45) is 67.8 Å². The van der Waals surface area contributed by atoms with Crippen molar-refractivity contribution in [3.63, 3.8) is 0 Å². The first-order chi connectivity index (χ1) is 25.1. The van der Waals surface area contributed by atoms with Crippen LogP contribution in [0.3, 0.4) is 0 Å². The Balaban J connectivity index is 1.41. The fourth-order valence-electron chi connectivity index (χ4n) is 12.8. The number of carboxylic acid groups (broad SMARTS) is 1. The Labute approximate surface area is 322 Å². The minimum atomic E-state index is -0.653. The highest BCUT2D eigenvalue weighted by Crippen LogP contribution is 2.75. The van der Waals surface area contributed by atoms with Gasteiger partial charge in [0.2, 0.25) is 5.56 Å².